The Hall–Kier alpha value is -3.93. The first kappa shape index (κ1) is 20.9. The first-order valence-corrected chi connectivity index (χ1v) is 11.3. The number of hydrogen-bond acceptors (Lipinski definition) is 8. The predicted octanol–water partition coefficient (Wildman–Crippen LogP) is 1.30. The molecule has 2 aliphatic rings. The number of aryl methyl sites for hydroxylation is 1. The molecule has 1 saturated heterocycles. The number of carbonyl (C=O) groups is 4. The predicted molar refractivity (Wildman–Crippen MR) is 117 cm³/mol. The van der Waals surface area contributed by atoms with Crippen molar-refractivity contribution in [3.63, 3.8) is 0 Å². The fourth-order valence-corrected chi connectivity index (χ4v) is 4.74. The molecule has 1 unspecified atom stereocenters. The summed E-state index contributed by atoms with van der Waals surface area (Å²) in [6.45, 7) is 2.25. The molecule has 33 heavy (non-hydrogen) atoms. The van der Waals surface area contributed by atoms with Gasteiger partial charge >= 0.3 is 0 Å². The third-order valence-electron chi connectivity index (χ3n) is 5.71. The second kappa shape index (κ2) is 8.20. The third-order valence-corrected chi connectivity index (χ3v) is 6.49. The number of benzene rings is 1. The second-order valence-electron chi connectivity index (χ2n) is 7.73. The lowest BCUT2D eigenvalue weighted by Crippen LogP contribution is -2.52. The lowest BCUT2D eigenvalue weighted by Gasteiger charge is -2.29. The van der Waals surface area contributed by atoms with Gasteiger partial charge in [-0.25, -0.2) is 9.67 Å². The molecular weight excluding hydrogens is 446 g/mol. The molecule has 0 saturated carbocycles. The minimum Gasteiger partial charge on any atom is -0.322 e. The van der Waals surface area contributed by atoms with E-state index in [-0.39, 0.29) is 23.9 Å². The van der Waals surface area contributed by atoms with Crippen LogP contribution >= 0.6 is 11.3 Å². The maximum Gasteiger partial charge on any atom is 0.278 e. The summed E-state index contributed by atoms with van der Waals surface area (Å²) >= 11 is 1.34. The van der Waals surface area contributed by atoms with E-state index in [1.54, 1.807) is 23.7 Å². The Balaban J connectivity index is 1.34. The summed E-state index contributed by atoms with van der Waals surface area (Å²) in [6, 6.07) is 4.56. The highest BCUT2D eigenvalue weighted by Crippen LogP contribution is 2.29. The normalized spacial score (nSPS) is 17.8. The number of anilines is 1. The molecule has 4 amide bonds. The average molecular weight is 465 g/mol. The number of fused-ring (bicyclic) bond motifs is 1. The number of imide groups is 1. The van der Waals surface area contributed by atoms with Crippen molar-refractivity contribution >= 4 is 40.0 Å². The fourth-order valence-electron chi connectivity index (χ4n) is 3.97. The van der Waals surface area contributed by atoms with Crippen molar-refractivity contribution in [1.29, 1.82) is 0 Å². The molecule has 11 nitrogen and oxygen atoms in total. The van der Waals surface area contributed by atoms with Crippen LogP contribution in [0.5, 0.6) is 0 Å². The van der Waals surface area contributed by atoms with E-state index in [9.17, 15) is 19.2 Å². The summed E-state index contributed by atoms with van der Waals surface area (Å²) in [5.74, 6) is -1.46. The van der Waals surface area contributed by atoms with Crippen LogP contribution < -0.4 is 10.6 Å². The molecule has 5 rings (SSSR count). The average Bonchev–Trinajstić information content (AvgIpc) is 3.53. The van der Waals surface area contributed by atoms with Gasteiger partial charge in [-0.15, -0.1) is 16.4 Å². The highest BCUT2D eigenvalue weighted by molar-refractivity contribution is 7.14. The van der Waals surface area contributed by atoms with Crippen molar-refractivity contribution in [1.82, 2.24) is 30.2 Å². The fraction of sp³-hybridized carbons (Fsp3) is 0.286. The van der Waals surface area contributed by atoms with Gasteiger partial charge in [-0.05, 0) is 30.5 Å². The summed E-state index contributed by atoms with van der Waals surface area (Å²) < 4.78 is 1.42. The van der Waals surface area contributed by atoms with Crippen LogP contribution in [0.2, 0.25) is 0 Å². The van der Waals surface area contributed by atoms with Gasteiger partial charge in [0, 0.05) is 18.5 Å². The Morgan fingerprint density at radius 2 is 2.15 bits per heavy atom. The highest BCUT2D eigenvalue weighted by Gasteiger charge is 2.39. The Morgan fingerprint density at radius 1 is 1.30 bits per heavy atom. The van der Waals surface area contributed by atoms with Crippen molar-refractivity contribution in [2.75, 3.05) is 5.32 Å². The minimum absolute atomic E-state index is 0.127. The molecule has 168 valence electrons. The number of piperidine rings is 1. The van der Waals surface area contributed by atoms with Crippen LogP contribution in [0.15, 0.2) is 29.9 Å². The van der Waals surface area contributed by atoms with Gasteiger partial charge in [-0.2, -0.15) is 0 Å². The van der Waals surface area contributed by atoms with Crippen molar-refractivity contribution in [3.05, 3.63) is 52.4 Å². The van der Waals surface area contributed by atoms with Gasteiger partial charge in [0.15, 0.2) is 5.69 Å². The molecule has 2 aromatic heterocycles. The number of thiazole rings is 1. The maximum absolute atomic E-state index is 13.0. The topological polar surface area (TPSA) is 139 Å². The van der Waals surface area contributed by atoms with E-state index in [1.807, 2.05) is 6.92 Å². The van der Waals surface area contributed by atoms with Crippen molar-refractivity contribution in [2.45, 2.75) is 38.8 Å². The molecule has 0 radical (unpaired) electrons. The van der Waals surface area contributed by atoms with E-state index in [0.29, 0.717) is 35.6 Å². The van der Waals surface area contributed by atoms with Gasteiger partial charge in [-0.1, -0.05) is 18.2 Å². The molecule has 0 aliphatic carbocycles. The molecule has 3 aromatic rings. The highest BCUT2D eigenvalue weighted by atomic mass is 32.1. The zero-order valence-electron chi connectivity index (χ0n) is 17.6. The number of nitrogens with zero attached hydrogens (tertiary/aromatic N) is 5. The molecule has 1 fully saturated rings. The summed E-state index contributed by atoms with van der Waals surface area (Å²) in [4.78, 5) is 54.9. The molecular formula is C21H19N7O4S. The van der Waals surface area contributed by atoms with Crippen molar-refractivity contribution in [2.24, 2.45) is 0 Å². The lowest BCUT2D eigenvalue weighted by atomic mass is 10.0. The van der Waals surface area contributed by atoms with Gasteiger partial charge in [-0.3, -0.25) is 24.5 Å². The largest absolute Gasteiger partial charge is 0.322 e. The molecule has 2 N–H and O–H groups in total. The van der Waals surface area contributed by atoms with Crippen LogP contribution in [-0.4, -0.2) is 54.5 Å². The summed E-state index contributed by atoms with van der Waals surface area (Å²) in [5, 5.41) is 13.7. The first-order valence-electron chi connectivity index (χ1n) is 10.4. The molecule has 2 aliphatic heterocycles. The van der Waals surface area contributed by atoms with Gasteiger partial charge in [0.2, 0.25) is 11.8 Å². The smallest absolute Gasteiger partial charge is 0.278 e. The Morgan fingerprint density at radius 3 is 2.94 bits per heavy atom. The third kappa shape index (κ3) is 3.78. The molecule has 1 atom stereocenters. The second-order valence-corrected chi connectivity index (χ2v) is 8.58. The van der Waals surface area contributed by atoms with Crippen molar-refractivity contribution in [3.8, 4) is 5.69 Å². The Kier molecular flexibility index (Phi) is 5.21. The summed E-state index contributed by atoms with van der Waals surface area (Å²) in [7, 11) is 0. The maximum atomic E-state index is 13.0. The van der Waals surface area contributed by atoms with Crippen LogP contribution in [0.1, 0.15) is 51.9 Å². The van der Waals surface area contributed by atoms with Crippen LogP contribution in [0.25, 0.3) is 5.69 Å². The van der Waals surface area contributed by atoms with Crippen molar-refractivity contribution < 1.29 is 19.2 Å². The van der Waals surface area contributed by atoms with Gasteiger partial charge in [0.05, 0.1) is 23.1 Å². The van der Waals surface area contributed by atoms with Crippen LogP contribution in [-0.2, 0) is 22.6 Å². The first-order chi connectivity index (χ1) is 15.9. The van der Waals surface area contributed by atoms with Gasteiger partial charge in [0.1, 0.15) is 11.0 Å². The Bertz CT molecular complexity index is 1300. The summed E-state index contributed by atoms with van der Waals surface area (Å²) in [6.07, 6.45) is 2.69. The van der Waals surface area contributed by atoms with Crippen LogP contribution in [0, 0.1) is 0 Å². The van der Waals surface area contributed by atoms with Crippen LogP contribution in [0.4, 0.5) is 5.00 Å². The molecule has 12 heteroatoms. The molecule has 1 aromatic carbocycles. The number of amides is 4. The van der Waals surface area contributed by atoms with E-state index in [2.05, 4.69) is 25.9 Å². The standard InChI is InChI=1S/C21H19N7O4S/c1-2-14-20(33-10-22-14)24-18(30)15-9-28(26-25-15)12-4-3-11-8-27(21(32)13(11)7-12)16-5-6-17(29)23-19(16)31/h3-4,7,9-10,16H,2,5-6,8H2,1H3,(H,24,30)(H,23,29,31). The number of hydrogen-bond donors (Lipinski definition) is 2. The molecule has 4 heterocycles. The minimum atomic E-state index is -0.674. The van der Waals surface area contributed by atoms with Gasteiger partial charge in [0.25, 0.3) is 11.8 Å². The lowest BCUT2D eigenvalue weighted by molar-refractivity contribution is -0.136. The zero-order valence-corrected chi connectivity index (χ0v) is 18.4. The number of carbonyl (C=O) groups excluding carboxylic acids is 4. The quantitative estimate of drug-likeness (QED) is 0.542. The van der Waals surface area contributed by atoms with Gasteiger partial charge < -0.3 is 10.2 Å². The molecule has 0 bridgehead atoms. The number of nitrogens with one attached hydrogen (secondary N) is 2. The Labute approximate surface area is 191 Å². The summed E-state index contributed by atoms with van der Waals surface area (Å²) in [5.41, 5.74) is 4.40. The van der Waals surface area contributed by atoms with E-state index < -0.39 is 17.9 Å². The zero-order chi connectivity index (χ0) is 23.1. The van der Waals surface area contributed by atoms with E-state index in [1.165, 1.54) is 27.1 Å². The number of rotatable bonds is 5. The van der Waals surface area contributed by atoms with E-state index in [4.69, 9.17) is 0 Å². The monoisotopic (exact) mass is 465 g/mol. The SMILES string of the molecule is CCc1ncsc1NC(=O)c1cn(-c2ccc3c(c2)C(=O)N(C2CCC(=O)NC2=O)C3)nn1. The van der Waals surface area contributed by atoms with E-state index in [0.717, 1.165) is 11.3 Å². The van der Waals surface area contributed by atoms with Crippen LogP contribution in [0.3, 0.4) is 0 Å². The van der Waals surface area contributed by atoms with E-state index >= 15 is 0 Å². The molecule has 0 spiro atoms. The number of aromatic nitrogens is 4.